The van der Waals surface area contributed by atoms with Gasteiger partial charge in [0.2, 0.25) is 0 Å². The number of furan rings is 1. The highest BCUT2D eigenvalue weighted by Gasteiger charge is 2.12. The van der Waals surface area contributed by atoms with Crippen molar-refractivity contribution in [3.8, 4) is 0 Å². The van der Waals surface area contributed by atoms with Gasteiger partial charge in [-0.05, 0) is 27.0 Å². The normalized spacial score (nSPS) is 13.4. The van der Waals surface area contributed by atoms with Crippen molar-refractivity contribution >= 4 is 0 Å². The van der Waals surface area contributed by atoms with E-state index in [1.807, 2.05) is 13.0 Å². The number of nitrogens with two attached hydrogens (primary N) is 1. The fourth-order valence-electron chi connectivity index (χ4n) is 1.64. The van der Waals surface area contributed by atoms with Crippen molar-refractivity contribution in [2.75, 3.05) is 20.8 Å². The summed E-state index contributed by atoms with van der Waals surface area (Å²) in [7, 11) is 3.78. The van der Waals surface area contributed by atoms with Crippen LogP contribution in [-0.4, -0.2) is 31.7 Å². The second kappa shape index (κ2) is 6.03. The molecule has 0 bridgehead atoms. The van der Waals surface area contributed by atoms with Crippen LogP contribution in [0.5, 0.6) is 0 Å². The van der Waals surface area contributed by atoms with Crippen molar-refractivity contribution in [2.24, 2.45) is 5.73 Å². The summed E-state index contributed by atoms with van der Waals surface area (Å²) in [5.74, 6) is 1.88. The van der Waals surface area contributed by atoms with Gasteiger partial charge in [-0.2, -0.15) is 0 Å². The lowest BCUT2D eigenvalue weighted by Gasteiger charge is -2.22. The van der Waals surface area contributed by atoms with Crippen molar-refractivity contribution in [3.05, 3.63) is 23.2 Å². The maximum atomic E-state index is 5.64. The van der Waals surface area contributed by atoms with Crippen LogP contribution in [0.2, 0.25) is 0 Å². The zero-order valence-corrected chi connectivity index (χ0v) is 10.6. The van der Waals surface area contributed by atoms with E-state index in [1.54, 1.807) is 7.11 Å². The number of methoxy groups -OCH3 is 1. The molecule has 4 heteroatoms. The molecule has 0 spiro atoms. The van der Waals surface area contributed by atoms with Crippen molar-refractivity contribution in [1.82, 2.24) is 4.90 Å². The average molecular weight is 226 g/mol. The molecule has 0 amide bonds. The van der Waals surface area contributed by atoms with Crippen LogP contribution in [0.3, 0.4) is 0 Å². The molecule has 1 aromatic heterocycles. The monoisotopic (exact) mass is 226 g/mol. The second-order valence-electron chi connectivity index (χ2n) is 4.22. The van der Waals surface area contributed by atoms with Gasteiger partial charge in [-0.3, -0.25) is 4.90 Å². The number of hydrogen-bond acceptors (Lipinski definition) is 4. The number of hydrogen-bond donors (Lipinski definition) is 1. The molecular weight excluding hydrogens is 204 g/mol. The molecular formula is C12H22N2O2. The number of likely N-dealkylation sites (N-methyl/N-ethyl adjacent to an activating group) is 1. The maximum Gasteiger partial charge on any atom is 0.118 e. The smallest absolute Gasteiger partial charge is 0.118 e. The zero-order chi connectivity index (χ0) is 12.1. The molecule has 0 aliphatic rings. The summed E-state index contributed by atoms with van der Waals surface area (Å²) in [6.07, 6.45) is 0. The number of ether oxygens (including phenoxy) is 1. The van der Waals surface area contributed by atoms with E-state index >= 15 is 0 Å². The first-order valence-electron chi connectivity index (χ1n) is 5.56. The van der Waals surface area contributed by atoms with Crippen LogP contribution in [0.25, 0.3) is 0 Å². The summed E-state index contributed by atoms with van der Waals surface area (Å²) >= 11 is 0. The van der Waals surface area contributed by atoms with Crippen LogP contribution in [0.15, 0.2) is 10.5 Å². The molecule has 0 fully saturated rings. The molecule has 1 heterocycles. The first-order valence-corrected chi connectivity index (χ1v) is 5.56. The van der Waals surface area contributed by atoms with Gasteiger partial charge < -0.3 is 14.9 Å². The molecule has 0 aromatic carbocycles. The van der Waals surface area contributed by atoms with Gasteiger partial charge in [0.15, 0.2) is 0 Å². The highest BCUT2D eigenvalue weighted by Crippen LogP contribution is 2.16. The average Bonchev–Trinajstić information content (AvgIpc) is 2.59. The van der Waals surface area contributed by atoms with Crippen LogP contribution in [0.4, 0.5) is 0 Å². The Morgan fingerprint density at radius 1 is 1.56 bits per heavy atom. The summed E-state index contributed by atoms with van der Waals surface area (Å²) in [5, 5.41) is 0. The van der Waals surface area contributed by atoms with Crippen LogP contribution in [-0.2, 0) is 17.8 Å². The molecule has 0 saturated carbocycles. The Bertz CT molecular complexity index is 323. The molecule has 0 saturated heterocycles. The molecule has 4 nitrogen and oxygen atoms in total. The van der Waals surface area contributed by atoms with E-state index in [1.165, 1.54) is 0 Å². The Balaban J connectivity index is 2.58. The Kier molecular flexibility index (Phi) is 4.99. The van der Waals surface area contributed by atoms with Gasteiger partial charge in [-0.1, -0.05) is 0 Å². The van der Waals surface area contributed by atoms with E-state index in [0.717, 1.165) is 30.2 Å². The van der Waals surface area contributed by atoms with Crippen LogP contribution >= 0.6 is 0 Å². The third-order valence-corrected chi connectivity index (χ3v) is 2.86. The molecule has 1 rings (SSSR count). The Hall–Kier alpha value is -0.840. The summed E-state index contributed by atoms with van der Waals surface area (Å²) in [5.41, 5.74) is 6.69. The minimum absolute atomic E-state index is 0.372. The fraction of sp³-hybridized carbons (Fsp3) is 0.667. The molecule has 1 unspecified atom stereocenters. The van der Waals surface area contributed by atoms with E-state index in [4.69, 9.17) is 14.9 Å². The SMILES string of the molecule is COCC(C)N(C)Cc1cc(CN)c(C)o1. The van der Waals surface area contributed by atoms with Gasteiger partial charge in [-0.15, -0.1) is 0 Å². The van der Waals surface area contributed by atoms with Crippen LogP contribution in [0, 0.1) is 6.92 Å². The van der Waals surface area contributed by atoms with Gasteiger partial charge in [0.05, 0.1) is 13.2 Å². The molecule has 0 radical (unpaired) electrons. The largest absolute Gasteiger partial charge is 0.465 e. The first kappa shape index (κ1) is 13.2. The summed E-state index contributed by atoms with van der Waals surface area (Å²) in [6, 6.07) is 2.41. The Labute approximate surface area is 97.4 Å². The summed E-state index contributed by atoms with van der Waals surface area (Å²) in [4.78, 5) is 2.20. The van der Waals surface area contributed by atoms with E-state index in [0.29, 0.717) is 12.6 Å². The molecule has 1 atom stereocenters. The van der Waals surface area contributed by atoms with E-state index < -0.39 is 0 Å². The molecule has 16 heavy (non-hydrogen) atoms. The van der Waals surface area contributed by atoms with Gasteiger partial charge in [-0.25, -0.2) is 0 Å². The first-order chi connectivity index (χ1) is 7.58. The minimum Gasteiger partial charge on any atom is -0.465 e. The quantitative estimate of drug-likeness (QED) is 0.799. The number of nitrogens with zero attached hydrogens (tertiary/aromatic N) is 1. The van der Waals surface area contributed by atoms with Crippen molar-refractivity contribution in [3.63, 3.8) is 0 Å². The topological polar surface area (TPSA) is 51.6 Å². The third-order valence-electron chi connectivity index (χ3n) is 2.86. The van der Waals surface area contributed by atoms with Crippen LogP contribution in [0.1, 0.15) is 24.0 Å². The van der Waals surface area contributed by atoms with E-state index in [9.17, 15) is 0 Å². The number of rotatable bonds is 6. The highest BCUT2D eigenvalue weighted by atomic mass is 16.5. The van der Waals surface area contributed by atoms with Gasteiger partial charge >= 0.3 is 0 Å². The van der Waals surface area contributed by atoms with E-state index in [-0.39, 0.29) is 0 Å². The minimum atomic E-state index is 0.372. The number of aryl methyl sites for hydroxylation is 1. The van der Waals surface area contributed by atoms with Gasteiger partial charge in [0.1, 0.15) is 11.5 Å². The third kappa shape index (κ3) is 3.33. The molecule has 1 aromatic rings. The summed E-state index contributed by atoms with van der Waals surface area (Å²) in [6.45, 7) is 6.12. The lowest BCUT2D eigenvalue weighted by atomic mass is 10.2. The standard InChI is InChI=1S/C12H22N2O2/c1-9(8-15-4)14(3)7-12-5-11(6-13)10(2)16-12/h5,9H,6-8,13H2,1-4H3. The van der Waals surface area contributed by atoms with Gasteiger partial charge in [0.25, 0.3) is 0 Å². The highest BCUT2D eigenvalue weighted by molar-refractivity contribution is 5.20. The Morgan fingerprint density at radius 3 is 2.75 bits per heavy atom. The molecule has 0 aliphatic heterocycles. The predicted molar refractivity (Wildman–Crippen MR) is 64.1 cm³/mol. The predicted octanol–water partition coefficient (Wildman–Crippen LogP) is 1.51. The van der Waals surface area contributed by atoms with Crippen LogP contribution < -0.4 is 5.73 Å². The zero-order valence-electron chi connectivity index (χ0n) is 10.6. The summed E-state index contributed by atoms with van der Waals surface area (Å²) < 4.78 is 10.8. The lowest BCUT2D eigenvalue weighted by Crippen LogP contribution is -2.31. The van der Waals surface area contributed by atoms with Crippen molar-refractivity contribution in [2.45, 2.75) is 33.0 Å². The molecule has 92 valence electrons. The van der Waals surface area contributed by atoms with Crippen molar-refractivity contribution in [1.29, 1.82) is 0 Å². The molecule has 0 aliphatic carbocycles. The maximum absolute atomic E-state index is 5.64. The van der Waals surface area contributed by atoms with Gasteiger partial charge in [0, 0.05) is 25.3 Å². The van der Waals surface area contributed by atoms with Crippen molar-refractivity contribution < 1.29 is 9.15 Å². The lowest BCUT2D eigenvalue weighted by molar-refractivity contribution is 0.107. The Morgan fingerprint density at radius 2 is 2.25 bits per heavy atom. The van der Waals surface area contributed by atoms with E-state index in [2.05, 4.69) is 18.9 Å². The molecule has 2 N–H and O–H groups in total. The second-order valence-corrected chi connectivity index (χ2v) is 4.22. The fourth-order valence-corrected chi connectivity index (χ4v) is 1.64.